The van der Waals surface area contributed by atoms with E-state index >= 15 is 0 Å². The molecular formula is C25H32F4N6O4S. The average Bonchev–Trinajstić information content (AvgIpc) is 3.34. The molecule has 0 radical (unpaired) electrons. The van der Waals surface area contributed by atoms with Crippen LogP contribution >= 0.6 is 11.8 Å². The third-order valence-corrected chi connectivity index (χ3v) is 6.59. The zero-order valence-corrected chi connectivity index (χ0v) is 23.1. The number of methoxy groups -OCH3 is 1. The lowest BCUT2D eigenvalue weighted by Crippen LogP contribution is -2.43. The molecule has 0 spiro atoms. The van der Waals surface area contributed by atoms with Crippen molar-refractivity contribution in [2.75, 3.05) is 27.3 Å². The lowest BCUT2D eigenvalue weighted by molar-refractivity contribution is -0.274. The van der Waals surface area contributed by atoms with Crippen molar-refractivity contribution in [1.29, 1.82) is 0 Å². The Balaban J connectivity index is 1.88. The normalized spacial score (nSPS) is 14.2. The Morgan fingerprint density at radius 3 is 2.73 bits per heavy atom. The van der Waals surface area contributed by atoms with Gasteiger partial charge in [-0.05, 0) is 37.5 Å². The summed E-state index contributed by atoms with van der Waals surface area (Å²) in [7, 11) is 3.05. The van der Waals surface area contributed by atoms with Gasteiger partial charge in [0.15, 0.2) is 5.69 Å². The zero-order chi connectivity index (χ0) is 29.8. The molecule has 2 atom stereocenters. The third kappa shape index (κ3) is 11.7. The van der Waals surface area contributed by atoms with Gasteiger partial charge in [0.25, 0.3) is 5.91 Å². The molecule has 0 aliphatic carbocycles. The van der Waals surface area contributed by atoms with Crippen molar-refractivity contribution < 1.29 is 36.6 Å². The summed E-state index contributed by atoms with van der Waals surface area (Å²) < 4.78 is 62.2. The smallest absolute Gasteiger partial charge is 0.406 e. The van der Waals surface area contributed by atoms with Crippen LogP contribution in [0.15, 0.2) is 48.1 Å². The zero-order valence-electron chi connectivity index (χ0n) is 22.3. The summed E-state index contributed by atoms with van der Waals surface area (Å²) >= 11 is 1.17. The number of benzene rings is 1. The van der Waals surface area contributed by atoms with Gasteiger partial charge in [-0.3, -0.25) is 14.6 Å². The Morgan fingerprint density at radius 2 is 2.08 bits per heavy atom. The van der Waals surface area contributed by atoms with Crippen molar-refractivity contribution in [2.45, 2.75) is 50.1 Å². The summed E-state index contributed by atoms with van der Waals surface area (Å²) in [6.07, 6.45) is -3.18. The molecule has 1 aromatic carbocycles. The molecule has 1 aromatic heterocycles. The Labute approximate surface area is 233 Å². The van der Waals surface area contributed by atoms with Crippen molar-refractivity contribution >= 4 is 28.6 Å². The van der Waals surface area contributed by atoms with Gasteiger partial charge in [-0.2, -0.15) is 0 Å². The molecule has 0 bridgehead atoms. The monoisotopic (exact) mass is 588 g/mol. The van der Waals surface area contributed by atoms with E-state index in [1.54, 1.807) is 14.0 Å². The molecule has 0 saturated heterocycles. The van der Waals surface area contributed by atoms with Gasteiger partial charge in [-0.1, -0.05) is 41.8 Å². The molecule has 2 aromatic rings. The van der Waals surface area contributed by atoms with Crippen molar-refractivity contribution in [3.05, 3.63) is 54.4 Å². The first-order valence-corrected chi connectivity index (χ1v) is 12.9. The number of aromatic nitrogens is 3. The lowest BCUT2D eigenvalue weighted by Gasteiger charge is -2.27. The van der Waals surface area contributed by atoms with Gasteiger partial charge in [0, 0.05) is 20.7 Å². The van der Waals surface area contributed by atoms with E-state index in [4.69, 9.17) is 4.74 Å². The number of ether oxygens (including phenoxy) is 2. The van der Waals surface area contributed by atoms with Gasteiger partial charge >= 0.3 is 6.36 Å². The van der Waals surface area contributed by atoms with Crippen LogP contribution in [-0.4, -0.2) is 76.6 Å². The number of rotatable bonds is 15. The van der Waals surface area contributed by atoms with Crippen LogP contribution in [0.1, 0.15) is 35.8 Å². The van der Waals surface area contributed by atoms with Crippen LogP contribution in [0.3, 0.4) is 0 Å². The second kappa shape index (κ2) is 15.4. The summed E-state index contributed by atoms with van der Waals surface area (Å²) in [6, 6.07) is 5.15. The summed E-state index contributed by atoms with van der Waals surface area (Å²) in [4.78, 5) is 27.8. The van der Waals surface area contributed by atoms with Crippen molar-refractivity contribution in [2.24, 2.45) is 4.99 Å². The van der Waals surface area contributed by atoms with E-state index in [0.29, 0.717) is 23.8 Å². The quantitative estimate of drug-likeness (QED) is 0.0813. The molecule has 2 rings (SSSR count). The number of thioether (sulfide) groups is 1. The minimum absolute atomic E-state index is 0.0618. The standard InChI is InChI=1S/C25H32F4N6O4S/c1-5-24(2,32-21(36)14-17-7-6-8-19(13-17)39-25(27,28)29)40-22(30-3)10-9-18(26)15-35-16-20(33-34-35)23(37)31-11-12-38-4/h5-8,13,16,18H,1,9-12,14-15H2,2-4H3,(H,31,37)(H,32,36). The predicted octanol–water partition coefficient (Wildman–Crippen LogP) is 3.69. The molecule has 0 saturated carbocycles. The van der Waals surface area contributed by atoms with E-state index in [0.717, 1.165) is 12.1 Å². The minimum Gasteiger partial charge on any atom is -0.406 e. The highest BCUT2D eigenvalue weighted by Gasteiger charge is 2.31. The predicted molar refractivity (Wildman–Crippen MR) is 143 cm³/mol. The van der Waals surface area contributed by atoms with Crippen LogP contribution in [0.4, 0.5) is 17.6 Å². The van der Waals surface area contributed by atoms with Crippen LogP contribution in [0.5, 0.6) is 5.75 Å². The van der Waals surface area contributed by atoms with E-state index in [2.05, 4.69) is 37.3 Å². The SMILES string of the molecule is C=CC(C)(NC(=O)Cc1cccc(OC(F)(F)F)c1)SC(CCC(F)Cn1cc(C(=O)NCCOC)nn1)=NC. The number of carbonyl (C=O) groups is 2. The van der Waals surface area contributed by atoms with E-state index in [-0.39, 0.29) is 31.5 Å². The largest absolute Gasteiger partial charge is 0.573 e. The summed E-state index contributed by atoms with van der Waals surface area (Å²) in [5.74, 6) is -1.33. The highest BCUT2D eigenvalue weighted by atomic mass is 32.2. The molecule has 2 N–H and O–H groups in total. The molecule has 220 valence electrons. The second-order valence-electron chi connectivity index (χ2n) is 8.66. The van der Waals surface area contributed by atoms with Crippen LogP contribution in [0.2, 0.25) is 0 Å². The third-order valence-electron chi connectivity index (χ3n) is 5.27. The van der Waals surface area contributed by atoms with Gasteiger partial charge in [0.2, 0.25) is 5.91 Å². The lowest BCUT2D eigenvalue weighted by atomic mass is 10.1. The number of hydrogen-bond donors (Lipinski definition) is 2. The summed E-state index contributed by atoms with van der Waals surface area (Å²) in [6.45, 7) is 5.97. The molecule has 2 unspecified atom stereocenters. The van der Waals surface area contributed by atoms with Crippen LogP contribution < -0.4 is 15.4 Å². The molecule has 0 fully saturated rings. The van der Waals surface area contributed by atoms with E-state index in [1.807, 2.05) is 0 Å². The molecule has 0 aliphatic rings. The number of nitrogens with one attached hydrogen (secondary N) is 2. The second-order valence-corrected chi connectivity index (χ2v) is 10.2. The molecule has 10 nitrogen and oxygen atoms in total. The van der Waals surface area contributed by atoms with Crippen molar-refractivity contribution in [1.82, 2.24) is 25.6 Å². The highest BCUT2D eigenvalue weighted by molar-refractivity contribution is 8.15. The fourth-order valence-electron chi connectivity index (χ4n) is 3.35. The summed E-state index contributed by atoms with van der Waals surface area (Å²) in [5, 5.41) is 13.5. The number of hydrogen-bond acceptors (Lipinski definition) is 8. The summed E-state index contributed by atoms with van der Waals surface area (Å²) in [5.41, 5.74) is 0.385. The van der Waals surface area contributed by atoms with E-state index in [9.17, 15) is 27.2 Å². The molecule has 15 heteroatoms. The van der Waals surface area contributed by atoms with Crippen molar-refractivity contribution in [3.8, 4) is 5.75 Å². The van der Waals surface area contributed by atoms with Crippen LogP contribution in [0, 0.1) is 0 Å². The topological polar surface area (TPSA) is 120 Å². The number of alkyl halides is 4. The Bertz CT molecular complexity index is 1180. The minimum atomic E-state index is -4.84. The Kier molecular flexibility index (Phi) is 12.6. The molecule has 0 aliphatic heterocycles. The Hall–Kier alpha value is -3.46. The Morgan fingerprint density at radius 1 is 1.32 bits per heavy atom. The maximum Gasteiger partial charge on any atom is 0.573 e. The molecule has 2 amide bonds. The van der Waals surface area contributed by atoms with E-state index in [1.165, 1.54) is 48.0 Å². The number of aliphatic imine (C=N–C) groups is 1. The van der Waals surface area contributed by atoms with Gasteiger partial charge in [-0.25, -0.2) is 9.07 Å². The number of halogens is 4. The van der Waals surface area contributed by atoms with Crippen LogP contribution in [0.25, 0.3) is 0 Å². The molecule has 40 heavy (non-hydrogen) atoms. The van der Waals surface area contributed by atoms with Crippen LogP contribution in [-0.2, 0) is 22.5 Å². The highest BCUT2D eigenvalue weighted by Crippen LogP contribution is 2.28. The van der Waals surface area contributed by atoms with E-state index < -0.39 is 35.0 Å². The molecule has 1 heterocycles. The first-order valence-electron chi connectivity index (χ1n) is 12.1. The number of nitrogens with zero attached hydrogens (tertiary/aromatic N) is 4. The first kappa shape index (κ1) is 32.8. The average molecular weight is 589 g/mol. The number of amides is 2. The van der Waals surface area contributed by atoms with Gasteiger partial charge < -0.3 is 20.1 Å². The van der Waals surface area contributed by atoms with Gasteiger partial charge in [-0.15, -0.1) is 18.3 Å². The first-order chi connectivity index (χ1) is 18.9. The maximum atomic E-state index is 14.7. The molecular weight excluding hydrogens is 556 g/mol. The number of carbonyl (C=O) groups excluding carboxylic acids is 2. The van der Waals surface area contributed by atoms with Crippen molar-refractivity contribution in [3.63, 3.8) is 0 Å². The fraction of sp³-hybridized carbons (Fsp3) is 0.480. The van der Waals surface area contributed by atoms with Gasteiger partial charge in [0.05, 0.1) is 30.8 Å². The fourth-order valence-corrected chi connectivity index (χ4v) is 4.40. The maximum absolute atomic E-state index is 14.7. The van der Waals surface area contributed by atoms with Gasteiger partial charge in [0.1, 0.15) is 16.8 Å².